The number of nitrogens with zero attached hydrogens (tertiary/aromatic N) is 2. The molecule has 144 valence electrons. The highest BCUT2D eigenvalue weighted by Crippen LogP contribution is 2.22. The Labute approximate surface area is 165 Å². The van der Waals surface area contributed by atoms with Crippen molar-refractivity contribution >= 4 is 34.2 Å². The van der Waals surface area contributed by atoms with Crippen molar-refractivity contribution in [2.75, 3.05) is 7.11 Å². The molecule has 0 saturated heterocycles. The number of halogens is 1. The van der Waals surface area contributed by atoms with E-state index in [0.29, 0.717) is 27.2 Å². The molecule has 8 nitrogen and oxygen atoms in total. The Bertz CT molecular complexity index is 1130. The molecule has 0 saturated carbocycles. The van der Waals surface area contributed by atoms with E-state index in [9.17, 15) is 14.4 Å². The molecule has 1 heterocycles. The number of ether oxygens (including phenoxy) is 1. The fourth-order valence-electron chi connectivity index (χ4n) is 2.75. The monoisotopic (exact) mass is 400 g/mol. The summed E-state index contributed by atoms with van der Waals surface area (Å²) in [5, 5.41) is 5.57. The van der Waals surface area contributed by atoms with Crippen molar-refractivity contribution in [3.63, 3.8) is 0 Å². The summed E-state index contributed by atoms with van der Waals surface area (Å²) in [4.78, 5) is 36.8. The van der Waals surface area contributed by atoms with Crippen LogP contribution in [0, 0.1) is 0 Å². The first-order valence-electron chi connectivity index (χ1n) is 8.28. The van der Waals surface area contributed by atoms with E-state index < -0.39 is 11.8 Å². The smallest absolute Gasteiger partial charge is 0.274 e. The van der Waals surface area contributed by atoms with Crippen LogP contribution in [0.2, 0.25) is 5.02 Å². The molecular formula is C19H17ClN4O4. The maximum absolute atomic E-state index is 12.3. The molecule has 0 aliphatic rings. The summed E-state index contributed by atoms with van der Waals surface area (Å²) in [6.45, 7) is 0. The lowest BCUT2D eigenvalue weighted by atomic mass is 10.1. The highest BCUT2D eigenvalue weighted by atomic mass is 35.5. The van der Waals surface area contributed by atoms with E-state index in [1.807, 2.05) is 0 Å². The van der Waals surface area contributed by atoms with Crippen LogP contribution in [0.3, 0.4) is 0 Å². The lowest BCUT2D eigenvalue weighted by molar-refractivity contribution is -0.121. The first kappa shape index (κ1) is 19.4. The third-order valence-corrected chi connectivity index (χ3v) is 4.32. The molecule has 0 bridgehead atoms. The zero-order chi connectivity index (χ0) is 20.3. The minimum absolute atomic E-state index is 0.123. The third kappa shape index (κ3) is 3.96. The first-order valence-corrected chi connectivity index (χ1v) is 8.66. The minimum atomic E-state index is -0.578. The molecule has 0 fully saturated rings. The molecule has 1 aromatic heterocycles. The Balaban J connectivity index is 1.75. The summed E-state index contributed by atoms with van der Waals surface area (Å²) in [7, 11) is 2.94. The van der Waals surface area contributed by atoms with E-state index in [4.69, 9.17) is 16.3 Å². The van der Waals surface area contributed by atoms with Gasteiger partial charge in [0.15, 0.2) is 0 Å². The Morgan fingerprint density at radius 2 is 1.86 bits per heavy atom. The fraction of sp³-hybridized carbons (Fsp3) is 0.158. The van der Waals surface area contributed by atoms with Gasteiger partial charge in [-0.05, 0) is 24.3 Å². The van der Waals surface area contributed by atoms with Crippen molar-refractivity contribution in [1.82, 2.24) is 20.6 Å². The summed E-state index contributed by atoms with van der Waals surface area (Å²) < 4.78 is 6.30. The number of aromatic nitrogens is 2. The number of methoxy groups -OCH3 is 1. The number of nitrogens with one attached hydrogen (secondary N) is 2. The maximum Gasteiger partial charge on any atom is 0.274 e. The second kappa shape index (κ2) is 8.10. The number of amides is 2. The zero-order valence-corrected chi connectivity index (χ0v) is 15.9. The van der Waals surface area contributed by atoms with Gasteiger partial charge in [-0.1, -0.05) is 29.8 Å². The lowest BCUT2D eigenvalue weighted by Gasteiger charge is -2.11. The van der Waals surface area contributed by atoms with Gasteiger partial charge in [-0.15, -0.1) is 0 Å². The fourth-order valence-corrected chi connectivity index (χ4v) is 2.93. The van der Waals surface area contributed by atoms with E-state index in [2.05, 4.69) is 16.0 Å². The number of carbonyl (C=O) groups is 2. The van der Waals surface area contributed by atoms with Crippen molar-refractivity contribution < 1.29 is 14.3 Å². The van der Waals surface area contributed by atoms with Crippen LogP contribution in [0.5, 0.6) is 5.75 Å². The molecule has 9 heteroatoms. The predicted octanol–water partition coefficient (Wildman–Crippen LogP) is 1.60. The Hall–Kier alpha value is -3.39. The molecule has 2 aromatic carbocycles. The van der Waals surface area contributed by atoms with E-state index >= 15 is 0 Å². The van der Waals surface area contributed by atoms with E-state index in [1.165, 1.54) is 24.9 Å². The summed E-state index contributed by atoms with van der Waals surface area (Å²) in [5.74, 6) is -0.751. The van der Waals surface area contributed by atoms with Crippen LogP contribution >= 0.6 is 11.6 Å². The number of rotatable bonds is 4. The van der Waals surface area contributed by atoms with E-state index in [-0.39, 0.29) is 17.5 Å². The number of benzene rings is 2. The number of hydrazine groups is 1. The van der Waals surface area contributed by atoms with Crippen LogP contribution in [0.15, 0.2) is 47.3 Å². The number of aryl methyl sites for hydroxylation is 1. The number of hydrogen-bond donors (Lipinski definition) is 2. The van der Waals surface area contributed by atoms with Gasteiger partial charge in [-0.25, -0.2) is 4.68 Å². The van der Waals surface area contributed by atoms with Crippen LogP contribution in [-0.2, 0) is 18.3 Å². The summed E-state index contributed by atoms with van der Waals surface area (Å²) in [5.41, 5.74) is 5.01. The SMILES string of the molecule is COc1ccc(Cl)cc1C(=O)NNC(=O)Cc1nn(C)c(=O)c2ccccc12. The molecule has 3 rings (SSSR count). The zero-order valence-electron chi connectivity index (χ0n) is 15.2. The average molecular weight is 401 g/mol. The molecule has 28 heavy (non-hydrogen) atoms. The second-order valence-electron chi connectivity index (χ2n) is 5.94. The summed E-state index contributed by atoms with van der Waals surface area (Å²) >= 11 is 5.91. The molecule has 0 radical (unpaired) electrons. The number of hydrogen-bond acceptors (Lipinski definition) is 5. The van der Waals surface area contributed by atoms with Gasteiger partial charge in [0, 0.05) is 17.5 Å². The molecule has 2 N–H and O–H groups in total. The Kier molecular flexibility index (Phi) is 5.60. The van der Waals surface area contributed by atoms with Gasteiger partial charge in [0.1, 0.15) is 5.75 Å². The molecule has 0 aliphatic heterocycles. The predicted molar refractivity (Wildman–Crippen MR) is 104 cm³/mol. The van der Waals surface area contributed by atoms with Crippen LogP contribution in [0.4, 0.5) is 0 Å². The van der Waals surface area contributed by atoms with Gasteiger partial charge in [-0.2, -0.15) is 5.10 Å². The lowest BCUT2D eigenvalue weighted by Crippen LogP contribution is -2.42. The normalized spacial score (nSPS) is 10.5. The summed E-state index contributed by atoms with van der Waals surface area (Å²) in [6.07, 6.45) is -0.123. The molecule has 3 aromatic rings. The summed E-state index contributed by atoms with van der Waals surface area (Å²) in [6, 6.07) is 11.5. The van der Waals surface area contributed by atoms with Gasteiger partial charge < -0.3 is 4.74 Å². The van der Waals surface area contributed by atoms with Gasteiger partial charge in [0.05, 0.1) is 30.2 Å². The van der Waals surface area contributed by atoms with Crippen molar-refractivity contribution in [3.8, 4) is 5.75 Å². The Morgan fingerprint density at radius 3 is 2.57 bits per heavy atom. The van der Waals surface area contributed by atoms with Crippen LogP contribution in [0.25, 0.3) is 10.8 Å². The van der Waals surface area contributed by atoms with Crippen LogP contribution in [-0.4, -0.2) is 28.7 Å². The first-order chi connectivity index (χ1) is 13.4. The largest absolute Gasteiger partial charge is 0.496 e. The van der Waals surface area contributed by atoms with Crippen molar-refractivity contribution in [3.05, 3.63) is 69.1 Å². The number of fused-ring (bicyclic) bond motifs is 1. The van der Waals surface area contributed by atoms with Gasteiger partial charge in [-0.3, -0.25) is 25.2 Å². The topological polar surface area (TPSA) is 102 Å². The molecule has 2 amide bonds. The average Bonchev–Trinajstić information content (AvgIpc) is 2.70. The molecule has 0 aliphatic carbocycles. The van der Waals surface area contributed by atoms with E-state index in [1.54, 1.807) is 36.4 Å². The number of carbonyl (C=O) groups excluding carboxylic acids is 2. The standard InChI is InChI=1S/C19H17ClN4O4/c1-24-19(27)13-6-4-3-5-12(13)15(23-24)10-17(25)21-22-18(26)14-9-11(20)7-8-16(14)28-2/h3-9H,10H2,1-2H3,(H,21,25)(H,22,26). The molecule has 0 unspecified atom stereocenters. The molecule has 0 spiro atoms. The minimum Gasteiger partial charge on any atom is -0.496 e. The van der Waals surface area contributed by atoms with Crippen LogP contribution < -0.4 is 21.1 Å². The second-order valence-corrected chi connectivity index (χ2v) is 6.38. The Morgan fingerprint density at radius 1 is 1.14 bits per heavy atom. The van der Waals surface area contributed by atoms with Gasteiger partial charge >= 0.3 is 0 Å². The molecule has 0 atom stereocenters. The van der Waals surface area contributed by atoms with E-state index in [0.717, 1.165) is 0 Å². The highest BCUT2D eigenvalue weighted by molar-refractivity contribution is 6.31. The van der Waals surface area contributed by atoms with Gasteiger partial charge in [0.2, 0.25) is 5.91 Å². The van der Waals surface area contributed by atoms with Crippen molar-refractivity contribution in [1.29, 1.82) is 0 Å². The third-order valence-electron chi connectivity index (χ3n) is 4.08. The van der Waals surface area contributed by atoms with Crippen molar-refractivity contribution in [2.24, 2.45) is 7.05 Å². The quantitative estimate of drug-likeness (QED) is 0.647. The van der Waals surface area contributed by atoms with Gasteiger partial charge in [0.25, 0.3) is 11.5 Å². The highest BCUT2D eigenvalue weighted by Gasteiger charge is 2.16. The maximum atomic E-state index is 12.3. The van der Waals surface area contributed by atoms with Crippen LogP contribution in [0.1, 0.15) is 16.1 Å². The van der Waals surface area contributed by atoms with Crippen molar-refractivity contribution in [2.45, 2.75) is 6.42 Å². The molecular weight excluding hydrogens is 384 g/mol.